The van der Waals surface area contributed by atoms with Crippen molar-refractivity contribution in [2.24, 2.45) is 5.92 Å². The number of carboxylic acids is 1. The van der Waals surface area contributed by atoms with Gasteiger partial charge >= 0.3 is 5.97 Å². The lowest BCUT2D eigenvalue weighted by atomic mass is 9.85. The van der Waals surface area contributed by atoms with Crippen LogP contribution in [0.2, 0.25) is 0 Å². The van der Waals surface area contributed by atoms with Gasteiger partial charge in [0.15, 0.2) is 0 Å². The molecule has 1 unspecified atom stereocenters. The topological polar surface area (TPSA) is 52.6 Å². The number of rotatable bonds is 9. The molecular formula is C18H28N2O2. The minimum absolute atomic E-state index is 0.165. The molecule has 0 aliphatic heterocycles. The number of aliphatic carboxylic acids is 1. The van der Waals surface area contributed by atoms with Crippen molar-refractivity contribution in [2.75, 3.05) is 19.6 Å². The third-order valence-electron chi connectivity index (χ3n) is 4.56. The highest BCUT2D eigenvalue weighted by Crippen LogP contribution is 2.25. The molecule has 22 heavy (non-hydrogen) atoms. The lowest BCUT2D eigenvalue weighted by Gasteiger charge is -2.42. The maximum absolute atomic E-state index is 10.8. The molecule has 1 aliphatic rings. The highest BCUT2D eigenvalue weighted by Gasteiger charge is 2.33. The molecule has 0 radical (unpaired) electrons. The van der Waals surface area contributed by atoms with Gasteiger partial charge in [0.25, 0.3) is 0 Å². The highest BCUT2D eigenvalue weighted by atomic mass is 16.4. The van der Waals surface area contributed by atoms with E-state index in [1.54, 1.807) is 0 Å². The van der Waals surface area contributed by atoms with Gasteiger partial charge in [-0.3, -0.25) is 9.69 Å². The molecule has 0 aromatic heterocycles. The van der Waals surface area contributed by atoms with Crippen LogP contribution in [0.4, 0.5) is 0 Å². The molecule has 1 fully saturated rings. The van der Waals surface area contributed by atoms with E-state index in [4.69, 9.17) is 5.11 Å². The van der Waals surface area contributed by atoms with E-state index in [9.17, 15) is 4.79 Å². The van der Waals surface area contributed by atoms with Crippen molar-refractivity contribution >= 4 is 5.97 Å². The van der Waals surface area contributed by atoms with Crippen LogP contribution in [0.1, 0.15) is 32.3 Å². The van der Waals surface area contributed by atoms with Gasteiger partial charge in [0, 0.05) is 12.1 Å². The third kappa shape index (κ3) is 5.11. The van der Waals surface area contributed by atoms with E-state index in [1.165, 1.54) is 5.56 Å². The summed E-state index contributed by atoms with van der Waals surface area (Å²) in [4.78, 5) is 12.9. The number of carbonyl (C=O) groups is 1. The van der Waals surface area contributed by atoms with Crippen molar-refractivity contribution in [1.82, 2.24) is 10.2 Å². The first-order valence-corrected chi connectivity index (χ1v) is 8.31. The van der Waals surface area contributed by atoms with Crippen LogP contribution >= 0.6 is 0 Å². The Morgan fingerprint density at radius 2 is 2.05 bits per heavy atom. The molecular weight excluding hydrogens is 276 g/mol. The molecule has 2 N–H and O–H groups in total. The van der Waals surface area contributed by atoms with Crippen LogP contribution in [-0.2, 0) is 11.2 Å². The van der Waals surface area contributed by atoms with Crippen LogP contribution in [0, 0.1) is 5.92 Å². The Morgan fingerprint density at radius 3 is 2.64 bits per heavy atom. The first-order valence-electron chi connectivity index (χ1n) is 8.31. The van der Waals surface area contributed by atoms with E-state index in [1.807, 2.05) is 6.92 Å². The smallest absolute Gasteiger partial charge is 0.317 e. The van der Waals surface area contributed by atoms with Crippen molar-refractivity contribution in [2.45, 2.75) is 45.2 Å². The highest BCUT2D eigenvalue weighted by molar-refractivity contribution is 5.69. The predicted molar refractivity (Wildman–Crippen MR) is 89.0 cm³/mol. The van der Waals surface area contributed by atoms with E-state index < -0.39 is 5.97 Å². The second-order valence-corrected chi connectivity index (χ2v) is 6.48. The lowest BCUT2D eigenvalue weighted by Crippen LogP contribution is -2.54. The molecule has 0 amide bonds. The van der Waals surface area contributed by atoms with Crippen LogP contribution in [0.25, 0.3) is 0 Å². The van der Waals surface area contributed by atoms with E-state index in [-0.39, 0.29) is 6.54 Å². The Bertz CT molecular complexity index is 457. The molecule has 1 aromatic carbocycles. The Morgan fingerprint density at radius 1 is 1.36 bits per heavy atom. The summed E-state index contributed by atoms with van der Waals surface area (Å²) in [5, 5.41) is 12.5. The van der Waals surface area contributed by atoms with E-state index in [0.717, 1.165) is 32.4 Å². The fraction of sp³-hybridized carbons (Fsp3) is 0.611. The van der Waals surface area contributed by atoms with Gasteiger partial charge in [-0.15, -0.1) is 0 Å². The molecule has 1 aromatic rings. The van der Waals surface area contributed by atoms with Gasteiger partial charge in [-0.2, -0.15) is 0 Å². The van der Waals surface area contributed by atoms with Gasteiger partial charge in [-0.1, -0.05) is 44.2 Å². The molecule has 122 valence electrons. The number of hydrogen-bond acceptors (Lipinski definition) is 3. The van der Waals surface area contributed by atoms with E-state index >= 15 is 0 Å². The molecule has 4 heteroatoms. The molecule has 1 saturated carbocycles. The number of carboxylic acid groups (broad SMARTS) is 1. The molecule has 0 spiro atoms. The predicted octanol–water partition coefficient (Wildman–Crippen LogP) is 2.39. The van der Waals surface area contributed by atoms with Gasteiger partial charge in [-0.05, 0) is 43.8 Å². The van der Waals surface area contributed by atoms with Gasteiger partial charge in [0.05, 0.1) is 6.54 Å². The summed E-state index contributed by atoms with van der Waals surface area (Å²) in [6.45, 7) is 6.31. The standard InChI is InChI=1S/C18H28N2O2/c1-3-20(13-18(21)22)17-10-16(11-17)19-12-14(2)9-15-7-5-4-6-8-15/h4-8,14,16-17,19H,3,9-13H2,1-2H3,(H,21,22). The first kappa shape index (κ1) is 17.0. The Kier molecular flexibility index (Phi) is 6.40. The van der Waals surface area contributed by atoms with Gasteiger partial charge < -0.3 is 10.4 Å². The number of nitrogens with zero attached hydrogens (tertiary/aromatic N) is 1. The second kappa shape index (κ2) is 8.30. The summed E-state index contributed by atoms with van der Waals surface area (Å²) in [5.41, 5.74) is 1.39. The summed E-state index contributed by atoms with van der Waals surface area (Å²) in [5.74, 6) is -0.113. The van der Waals surface area contributed by atoms with E-state index in [0.29, 0.717) is 18.0 Å². The quantitative estimate of drug-likeness (QED) is 0.735. The zero-order valence-electron chi connectivity index (χ0n) is 13.7. The van der Waals surface area contributed by atoms with Gasteiger partial charge in [-0.25, -0.2) is 0 Å². The average molecular weight is 304 g/mol. The number of hydrogen-bond donors (Lipinski definition) is 2. The molecule has 0 saturated heterocycles. The fourth-order valence-electron chi connectivity index (χ4n) is 3.18. The van der Waals surface area contributed by atoms with Crippen molar-refractivity contribution in [1.29, 1.82) is 0 Å². The van der Waals surface area contributed by atoms with Crippen LogP contribution in [0.3, 0.4) is 0 Å². The van der Waals surface area contributed by atoms with Crippen molar-refractivity contribution in [3.8, 4) is 0 Å². The van der Waals surface area contributed by atoms with Crippen LogP contribution in [0.5, 0.6) is 0 Å². The zero-order valence-corrected chi connectivity index (χ0v) is 13.7. The zero-order chi connectivity index (χ0) is 15.9. The lowest BCUT2D eigenvalue weighted by molar-refractivity contribution is -0.139. The maximum atomic E-state index is 10.8. The van der Waals surface area contributed by atoms with Gasteiger partial charge in [0.1, 0.15) is 0 Å². The third-order valence-corrected chi connectivity index (χ3v) is 4.56. The minimum Gasteiger partial charge on any atom is -0.480 e. The van der Waals surface area contributed by atoms with Crippen LogP contribution < -0.4 is 5.32 Å². The molecule has 0 bridgehead atoms. The Labute approximate surface area is 133 Å². The number of nitrogens with one attached hydrogen (secondary N) is 1. The van der Waals surface area contributed by atoms with Crippen LogP contribution in [0.15, 0.2) is 30.3 Å². The molecule has 2 rings (SSSR count). The summed E-state index contributed by atoms with van der Waals surface area (Å²) in [6.07, 6.45) is 3.24. The second-order valence-electron chi connectivity index (χ2n) is 6.48. The SMILES string of the molecule is CCN(CC(=O)O)C1CC(NCC(C)Cc2ccccc2)C1. The summed E-state index contributed by atoms with van der Waals surface area (Å²) < 4.78 is 0. The Balaban J connectivity index is 1.64. The summed E-state index contributed by atoms with van der Waals surface area (Å²) >= 11 is 0. The van der Waals surface area contributed by atoms with Crippen molar-refractivity contribution in [3.05, 3.63) is 35.9 Å². The van der Waals surface area contributed by atoms with Crippen molar-refractivity contribution in [3.63, 3.8) is 0 Å². The molecule has 0 heterocycles. The molecule has 4 nitrogen and oxygen atoms in total. The normalized spacial score (nSPS) is 22.3. The molecule has 1 aliphatic carbocycles. The maximum Gasteiger partial charge on any atom is 0.317 e. The van der Waals surface area contributed by atoms with Gasteiger partial charge in [0.2, 0.25) is 0 Å². The fourth-order valence-corrected chi connectivity index (χ4v) is 3.18. The minimum atomic E-state index is -0.727. The van der Waals surface area contributed by atoms with E-state index in [2.05, 4.69) is 47.5 Å². The first-order chi connectivity index (χ1) is 10.6. The van der Waals surface area contributed by atoms with Crippen molar-refractivity contribution < 1.29 is 9.90 Å². The van der Waals surface area contributed by atoms with Crippen LogP contribution in [-0.4, -0.2) is 47.7 Å². The summed E-state index contributed by atoms with van der Waals surface area (Å²) in [7, 11) is 0. The molecule has 1 atom stereocenters. The Hall–Kier alpha value is -1.39. The number of likely N-dealkylation sites (N-methyl/N-ethyl adjacent to an activating group) is 1. The number of benzene rings is 1. The largest absolute Gasteiger partial charge is 0.480 e. The summed E-state index contributed by atoms with van der Waals surface area (Å²) in [6, 6.07) is 11.6. The monoisotopic (exact) mass is 304 g/mol. The average Bonchev–Trinajstić information content (AvgIpc) is 2.44.